The van der Waals surface area contributed by atoms with Gasteiger partial charge in [-0.05, 0) is 34.5 Å². The van der Waals surface area contributed by atoms with E-state index < -0.39 is 11.7 Å². The van der Waals surface area contributed by atoms with Crippen molar-refractivity contribution in [3.63, 3.8) is 0 Å². The summed E-state index contributed by atoms with van der Waals surface area (Å²) in [7, 11) is 0. The van der Waals surface area contributed by atoms with Crippen molar-refractivity contribution in [2.24, 2.45) is 0 Å². The fourth-order valence-electron chi connectivity index (χ4n) is 2.26. The van der Waals surface area contributed by atoms with Crippen molar-refractivity contribution in [1.29, 1.82) is 0 Å². The van der Waals surface area contributed by atoms with Crippen LogP contribution in [0.25, 0.3) is 0 Å². The van der Waals surface area contributed by atoms with Gasteiger partial charge in [0.05, 0.1) is 11.3 Å². The monoisotopic (exact) mass is 387 g/mol. The molecular weight excluding hydrogens is 374 g/mol. The van der Waals surface area contributed by atoms with Gasteiger partial charge in [0, 0.05) is 15.5 Å². The largest absolute Gasteiger partial charge is 0.304 e. The predicted molar refractivity (Wildman–Crippen MR) is 82.7 cm³/mol. The van der Waals surface area contributed by atoms with Crippen LogP contribution in [0.15, 0.2) is 21.1 Å². The fraction of sp³-hybridized carbons (Fsp3) is 0.429. The van der Waals surface area contributed by atoms with E-state index in [0.29, 0.717) is 12.1 Å². The molecular formula is C14H15Br2NO2. The summed E-state index contributed by atoms with van der Waals surface area (Å²) in [5.41, 5.74) is 1.21. The van der Waals surface area contributed by atoms with Gasteiger partial charge in [-0.2, -0.15) is 0 Å². The summed E-state index contributed by atoms with van der Waals surface area (Å²) >= 11 is 6.78. The molecule has 102 valence electrons. The first-order valence-electron chi connectivity index (χ1n) is 6.41. The minimum atomic E-state index is -0.412. The Bertz CT molecular complexity index is 528. The maximum absolute atomic E-state index is 12.0. The molecule has 0 bridgehead atoms. The molecule has 0 N–H and O–H groups in total. The van der Waals surface area contributed by atoms with Crippen molar-refractivity contribution in [3.05, 3.63) is 26.6 Å². The zero-order valence-electron chi connectivity index (χ0n) is 10.7. The van der Waals surface area contributed by atoms with Crippen LogP contribution in [0.3, 0.4) is 0 Å². The second-order valence-electron chi connectivity index (χ2n) is 4.63. The molecule has 1 heterocycles. The van der Waals surface area contributed by atoms with Crippen LogP contribution in [0.5, 0.6) is 0 Å². The van der Waals surface area contributed by atoms with Crippen LogP contribution in [0.1, 0.15) is 43.0 Å². The highest BCUT2D eigenvalue weighted by Gasteiger charge is 2.37. The first kappa shape index (κ1) is 14.7. The topological polar surface area (TPSA) is 37.4 Å². The molecule has 0 unspecified atom stereocenters. The number of carbonyl (C=O) groups excluding carboxylic acids is 2. The molecule has 0 saturated carbocycles. The summed E-state index contributed by atoms with van der Waals surface area (Å²) in [5.74, 6) is -0.821. The minimum Gasteiger partial charge on any atom is -0.304 e. The van der Waals surface area contributed by atoms with Crippen molar-refractivity contribution in [2.45, 2.75) is 32.6 Å². The lowest BCUT2D eigenvalue weighted by atomic mass is 10.1. The Balaban J connectivity index is 2.23. The standard InChI is InChI=1S/C14H15Br2NO2/c1-2-3-4-5-6-17-12-10(13(18)14(17)19)7-9(15)8-11(12)16/h7-8H,2-6H2,1H3. The van der Waals surface area contributed by atoms with E-state index in [1.165, 1.54) is 0 Å². The molecule has 1 aromatic carbocycles. The van der Waals surface area contributed by atoms with E-state index in [9.17, 15) is 9.59 Å². The van der Waals surface area contributed by atoms with Gasteiger partial charge in [0.15, 0.2) is 0 Å². The van der Waals surface area contributed by atoms with Crippen LogP contribution < -0.4 is 4.90 Å². The molecule has 0 fully saturated rings. The van der Waals surface area contributed by atoms with Crippen molar-refractivity contribution < 1.29 is 9.59 Å². The molecule has 0 aromatic heterocycles. The maximum Gasteiger partial charge on any atom is 0.299 e. The number of fused-ring (bicyclic) bond motifs is 1. The Hall–Kier alpha value is -0.680. The van der Waals surface area contributed by atoms with Crippen LogP contribution in [-0.2, 0) is 4.79 Å². The Morgan fingerprint density at radius 2 is 1.84 bits per heavy atom. The van der Waals surface area contributed by atoms with Crippen molar-refractivity contribution in [1.82, 2.24) is 0 Å². The lowest BCUT2D eigenvalue weighted by Gasteiger charge is -2.17. The molecule has 1 aliphatic rings. The van der Waals surface area contributed by atoms with Crippen molar-refractivity contribution in [3.8, 4) is 0 Å². The summed E-state index contributed by atoms with van der Waals surface area (Å²) in [6.45, 7) is 2.76. The van der Waals surface area contributed by atoms with E-state index >= 15 is 0 Å². The average Bonchev–Trinajstić information content (AvgIpc) is 2.60. The highest BCUT2D eigenvalue weighted by Crippen LogP contribution is 2.38. The summed E-state index contributed by atoms with van der Waals surface area (Å²) in [4.78, 5) is 25.6. The number of nitrogens with zero attached hydrogens (tertiary/aromatic N) is 1. The summed E-state index contributed by atoms with van der Waals surface area (Å²) in [5, 5.41) is 0. The molecule has 19 heavy (non-hydrogen) atoms. The second-order valence-corrected chi connectivity index (χ2v) is 6.40. The quantitative estimate of drug-likeness (QED) is 0.556. The molecule has 0 aliphatic carbocycles. The fourth-order valence-corrected chi connectivity index (χ4v) is 3.70. The highest BCUT2D eigenvalue weighted by molar-refractivity contribution is 9.11. The van der Waals surface area contributed by atoms with Gasteiger partial charge in [-0.1, -0.05) is 42.1 Å². The first-order chi connectivity index (χ1) is 9.06. The van der Waals surface area contributed by atoms with E-state index in [4.69, 9.17) is 0 Å². The number of hydrogen-bond donors (Lipinski definition) is 0. The number of ketones is 1. The Labute approximate surface area is 129 Å². The molecule has 0 atom stereocenters. The number of anilines is 1. The highest BCUT2D eigenvalue weighted by atomic mass is 79.9. The summed E-state index contributed by atoms with van der Waals surface area (Å²) in [6, 6.07) is 3.58. The van der Waals surface area contributed by atoms with Gasteiger partial charge >= 0.3 is 0 Å². The van der Waals surface area contributed by atoms with E-state index in [1.54, 1.807) is 11.0 Å². The summed E-state index contributed by atoms with van der Waals surface area (Å²) in [6.07, 6.45) is 4.32. The first-order valence-corrected chi connectivity index (χ1v) is 8.00. The molecule has 1 amide bonds. The smallest absolute Gasteiger partial charge is 0.299 e. The van der Waals surface area contributed by atoms with Gasteiger partial charge in [-0.15, -0.1) is 0 Å². The molecule has 0 saturated heterocycles. The lowest BCUT2D eigenvalue weighted by molar-refractivity contribution is -0.114. The van der Waals surface area contributed by atoms with Crippen molar-refractivity contribution >= 4 is 49.2 Å². The van der Waals surface area contributed by atoms with Crippen LogP contribution in [-0.4, -0.2) is 18.2 Å². The zero-order valence-corrected chi connectivity index (χ0v) is 13.9. The summed E-state index contributed by atoms with van der Waals surface area (Å²) < 4.78 is 1.58. The Morgan fingerprint density at radius 3 is 2.53 bits per heavy atom. The number of rotatable bonds is 5. The number of benzene rings is 1. The maximum atomic E-state index is 12.0. The minimum absolute atomic E-state index is 0.410. The lowest BCUT2D eigenvalue weighted by Crippen LogP contribution is -2.30. The zero-order chi connectivity index (χ0) is 14.0. The molecule has 0 spiro atoms. The normalized spacial score (nSPS) is 14.2. The van der Waals surface area contributed by atoms with Gasteiger partial charge in [-0.3, -0.25) is 9.59 Å². The van der Waals surface area contributed by atoms with Crippen LogP contribution in [0, 0.1) is 0 Å². The number of hydrogen-bond acceptors (Lipinski definition) is 2. The third-order valence-electron chi connectivity index (χ3n) is 3.22. The van der Waals surface area contributed by atoms with Crippen LogP contribution >= 0.6 is 31.9 Å². The van der Waals surface area contributed by atoms with Crippen LogP contribution in [0.2, 0.25) is 0 Å². The number of unbranched alkanes of at least 4 members (excludes halogenated alkanes) is 3. The van der Waals surface area contributed by atoms with Gasteiger partial charge in [0.2, 0.25) is 0 Å². The molecule has 1 aliphatic heterocycles. The third-order valence-corrected chi connectivity index (χ3v) is 4.28. The van der Waals surface area contributed by atoms with Gasteiger partial charge in [0.25, 0.3) is 11.7 Å². The molecule has 3 nitrogen and oxygen atoms in total. The predicted octanol–water partition coefficient (Wildman–Crippen LogP) is 4.32. The average molecular weight is 389 g/mol. The van der Waals surface area contributed by atoms with Gasteiger partial charge in [-0.25, -0.2) is 0 Å². The van der Waals surface area contributed by atoms with Gasteiger partial charge in [0.1, 0.15) is 0 Å². The van der Waals surface area contributed by atoms with Crippen molar-refractivity contribution in [2.75, 3.05) is 11.4 Å². The number of carbonyl (C=O) groups is 2. The third kappa shape index (κ3) is 2.92. The number of amides is 1. The Kier molecular flexibility index (Phi) is 4.79. The second kappa shape index (κ2) is 6.18. The SMILES string of the molecule is CCCCCCN1C(=O)C(=O)c2cc(Br)cc(Br)c21. The van der Waals surface area contributed by atoms with E-state index in [0.717, 1.165) is 40.3 Å². The number of Topliss-reactive ketones (excluding diaryl/α,β-unsaturated/α-hetero) is 1. The van der Waals surface area contributed by atoms with Crippen LogP contribution in [0.4, 0.5) is 5.69 Å². The Morgan fingerprint density at radius 1 is 1.11 bits per heavy atom. The van der Waals surface area contributed by atoms with E-state index in [1.807, 2.05) is 6.07 Å². The van der Waals surface area contributed by atoms with E-state index in [2.05, 4.69) is 38.8 Å². The molecule has 5 heteroatoms. The molecule has 1 aromatic rings. The number of halogens is 2. The van der Waals surface area contributed by atoms with E-state index in [-0.39, 0.29) is 0 Å². The van der Waals surface area contributed by atoms with Gasteiger partial charge < -0.3 is 4.90 Å². The molecule has 0 radical (unpaired) electrons. The molecule has 2 rings (SSSR count).